The van der Waals surface area contributed by atoms with Crippen molar-refractivity contribution in [2.45, 2.75) is 0 Å². The Morgan fingerprint density at radius 1 is 1.50 bits per heavy atom. The van der Waals surface area contributed by atoms with Crippen LogP contribution in [0.1, 0.15) is 0 Å². The number of hydrogen-bond donors (Lipinski definition) is 1. The van der Waals surface area contributed by atoms with E-state index in [2.05, 4.69) is 6.58 Å². The molecule has 0 aliphatic carbocycles. The Morgan fingerprint density at radius 2 is 2.30 bits per heavy atom. The van der Waals surface area contributed by atoms with Crippen molar-refractivity contribution in [1.82, 2.24) is 0 Å². The lowest BCUT2D eigenvalue weighted by atomic mass is 10.7. The van der Waals surface area contributed by atoms with Crippen molar-refractivity contribution >= 4 is 11.8 Å². The monoisotopic (exact) mass is 161 g/mol. The topological polar surface area (TPSA) is 35.2 Å². The van der Waals surface area contributed by atoms with E-state index in [1.165, 1.54) is 0 Å². The zero-order valence-corrected chi connectivity index (χ0v) is 7.03. The maximum absolute atomic E-state index is 5.22. The van der Waals surface area contributed by atoms with E-state index in [-0.39, 0.29) is 0 Å². The van der Waals surface area contributed by atoms with Crippen LogP contribution >= 0.6 is 11.8 Å². The highest BCUT2D eigenvalue weighted by Gasteiger charge is 1.85. The van der Waals surface area contributed by atoms with Crippen LogP contribution in [0.15, 0.2) is 12.7 Å². The third-order valence-electron chi connectivity index (χ3n) is 0.870. The Hall–Kier alpha value is 0.01000. The van der Waals surface area contributed by atoms with Crippen LogP contribution in [0.4, 0.5) is 0 Å². The summed E-state index contributed by atoms with van der Waals surface area (Å²) < 4.78 is 5.15. The molecule has 10 heavy (non-hydrogen) atoms. The van der Waals surface area contributed by atoms with Crippen molar-refractivity contribution in [3.63, 3.8) is 0 Å². The Balaban J connectivity index is 2.70. The second kappa shape index (κ2) is 9.01. The molecule has 0 heterocycles. The minimum atomic E-state index is 0.617. The average molecular weight is 161 g/mol. The van der Waals surface area contributed by atoms with Crippen molar-refractivity contribution in [1.29, 1.82) is 0 Å². The average Bonchev–Trinajstić information content (AvgIpc) is 1.97. The second-order valence-electron chi connectivity index (χ2n) is 1.76. The molecule has 0 atom stereocenters. The smallest absolute Gasteiger partial charge is 0.0589 e. The molecule has 0 aromatic rings. The van der Waals surface area contributed by atoms with Gasteiger partial charge in [-0.3, -0.25) is 0 Å². The first-order valence-corrected chi connectivity index (χ1v) is 4.53. The van der Waals surface area contributed by atoms with Crippen LogP contribution in [-0.4, -0.2) is 31.3 Å². The van der Waals surface area contributed by atoms with Crippen molar-refractivity contribution in [2.24, 2.45) is 5.73 Å². The Kier molecular flexibility index (Phi) is 9.02. The fraction of sp³-hybridized carbons (Fsp3) is 0.714. The van der Waals surface area contributed by atoms with Gasteiger partial charge in [0.05, 0.1) is 13.2 Å². The first kappa shape index (κ1) is 10.0. The van der Waals surface area contributed by atoms with Gasteiger partial charge in [-0.1, -0.05) is 6.08 Å². The minimum Gasteiger partial charge on any atom is -0.379 e. The largest absolute Gasteiger partial charge is 0.379 e. The van der Waals surface area contributed by atoms with Crippen LogP contribution in [-0.2, 0) is 4.74 Å². The van der Waals surface area contributed by atoms with Gasteiger partial charge in [-0.25, -0.2) is 0 Å². The summed E-state index contributed by atoms with van der Waals surface area (Å²) >= 11 is 1.82. The van der Waals surface area contributed by atoms with E-state index in [0.29, 0.717) is 13.2 Å². The van der Waals surface area contributed by atoms with Crippen molar-refractivity contribution in [3.8, 4) is 0 Å². The van der Waals surface area contributed by atoms with Crippen LogP contribution < -0.4 is 5.73 Å². The molecule has 0 aromatic carbocycles. The van der Waals surface area contributed by atoms with E-state index in [9.17, 15) is 0 Å². The molecule has 2 nitrogen and oxygen atoms in total. The molecular formula is C7H15NOS. The van der Waals surface area contributed by atoms with E-state index < -0.39 is 0 Å². The SMILES string of the molecule is C=CCSCCOCCN. The van der Waals surface area contributed by atoms with Gasteiger partial charge >= 0.3 is 0 Å². The molecule has 0 saturated carbocycles. The molecule has 0 fully saturated rings. The van der Waals surface area contributed by atoms with Gasteiger partial charge in [0, 0.05) is 18.1 Å². The van der Waals surface area contributed by atoms with Gasteiger partial charge in [-0.2, -0.15) is 11.8 Å². The molecule has 0 aromatic heterocycles. The summed E-state index contributed by atoms with van der Waals surface area (Å²) in [5.74, 6) is 2.04. The van der Waals surface area contributed by atoms with E-state index in [1.807, 2.05) is 17.8 Å². The summed E-state index contributed by atoms with van der Waals surface area (Å²) in [6.45, 7) is 5.71. The molecule has 2 N–H and O–H groups in total. The molecule has 0 bridgehead atoms. The summed E-state index contributed by atoms with van der Waals surface area (Å²) in [4.78, 5) is 0. The van der Waals surface area contributed by atoms with E-state index in [1.54, 1.807) is 0 Å². The predicted molar refractivity (Wildman–Crippen MR) is 47.4 cm³/mol. The molecule has 0 aliphatic rings. The van der Waals surface area contributed by atoms with Crippen LogP contribution in [0.25, 0.3) is 0 Å². The molecule has 60 valence electrons. The van der Waals surface area contributed by atoms with Gasteiger partial charge in [-0.15, -0.1) is 6.58 Å². The normalized spacial score (nSPS) is 9.70. The van der Waals surface area contributed by atoms with Crippen LogP contribution in [0, 0.1) is 0 Å². The van der Waals surface area contributed by atoms with Gasteiger partial charge in [0.15, 0.2) is 0 Å². The highest BCUT2D eigenvalue weighted by molar-refractivity contribution is 7.99. The van der Waals surface area contributed by atoms with Gasteiger partial charge in [0.1, 0.15) is 0 Å². The molecule has 0 aliphatic heterocycles. The van der Waals surface area contributed by atoms with Crippen LogP contribution in [0.5, 0.6) is 0 Å². The second-order valence-corrected chi connectivity index (χ2v) is 2.91. The number of ether oxygens (including phenoxy) is 1. The standard InChI is InChI=1S/C7H15NOS/c1-2-6-10-7-5-9-4-3-8/h2H,1,3-8H2. The summed E-state index contributed by atoms with van der Waals surface area (Å²) in [5.41, 5.74) is 5.22. The molecule has 0 saturated heterocycles. The summed E-state index contributed by atoms with van der Waals surface area (Å²) in [6.07, 6.45) is 1.90. The Bertz CT molecular complexity index is 78.0. The van der Waals surface area contributed by atoms with E-state index in [4.69, 9.17) is 10.5 Å². The zero-order chi connectivity index (χ0) is 7.66. The Labute approximate surface area is 66.8 Å². The molecule has 0 spiro atoms. The highest BCUT2D eigenvalue weighted by Crippen LogP contribution is 1.98. The summed E-state index contributed by atoms with van der Waals surface area (Å²) in [6, 6.07) is 0. The lowest BCUT2D eigenvalue weighted by Crippen LogP contribution is -2.09. The molecule has 0 radical (unpaired) electrons. The van der Waals surface area contributed by atoms with Gasteiger partial charge in [0.25, 0.3) is 0 Å². The lowest BCUT2D eigenvalue weighted by molar-refractivity contribution is 0.158. The van der Waals surface area contributed by atoms with Crippen molar-refractivity contribution in [3.05, 3.63) is 12.7 Å². The van der Waals surface area contributed by atoms with Crippen molar-refractivity contribution < 1.29 is 4.74 Å². The molecule has 0 rings (SSSR count). The number of hydrogen-bond acceptors (Lipinski definition) is 3. The van der Waals surface area contributed by atoms with E-state index in [0.717, 1.165) is 18.1 Å². The van der Waals surface area contributed by atoms with Crippen LogP contribution in [0.2, 0.25) is 0 Å². The fourth-order valence-corrected chi connectivity index (χ4v) is 1.04. The molecule has 0 amide bonds. The first-order chi connectivity index (χ1) is 4.91. The maximum atomic E-state index is 5.22. The number of rotatable bonds is 7. The summed E-state index contributed by atoms with van der Waals surface area (Å²) in [5, 5.41) is 0. The minimum absolute atomic E-state index is 0.617. The first-order valence-electron chi connectivity index (χ1n) is 3.38. The molecular weight excluding hydrogens is 146 g/mol. The summed E-state index contributed by atoms with van der Waals surface area (Å²) in [7, 11) is 0. The number of nitrogens with two attached hydrogens (primary N) is 1. The van der Waals surface area contributed by atoms with Gasteiger partial charge in [0.2, 0.25) is 0 Å². The molecule has 0 unspecified atom stereocenters. The molecule has 3 heteroatoms. The third-order valence-corrected chi connectivity index (χ3v) is 1.80. The zero-order valence-electron chi connectivity index (χ0n) is 6.21. The Morgan fingerprint density at radius 3 is 2.90 bits per heavy atom. The lowest BCUT2D eigenvalue weighted by Gasteiger charge is -1.99. The van der Waals surface area contributed by atoms with Gasteiger partial charge in [-0.05, 0) is 0 Å². The van der Waals surface area contributed by atoms with Crippen molar-refractivity contribution in [2.75, 3.05) is 31.3 Å². The van der Waals surface area contributed by atoms with Gasteiger partial charge < -0.3 is 10.5 Å². The van der Waals surface area contributed by atoms with E-state index >= 15 is 0 Å². The van der Waals surface area contributed by atoms with Crippen LogP contribution in [0.3, 0.4) is 0 Å². The number of thioether (sulfide) groups is 1. The third kappa shape index (κ3) is 8.01. The predicted octanol–water partition coefficient (Wildman–Crippen LogP) is 0.881. The fourth-order valence-electron chi connectivity index (χ4n) is 0.470. The maximum Gasteiger partial charge on any atom is 0.0589 e. The highest BCUT2D eigenvalue weighted by atomic mass is 32.2. The quantitative estimate of drug-likeness (QED) is 0.445.